The molecule has 70 valence electrons. The molecule has 0 aromatic heterocycles. The molecule has 0 aromatic rings. The number of hydrogen-bond acceptors (Lipinski definition) is 2. The lowest BCUT2D eigenvalue weighted by atomic mass is 9.83. The van der Waals surface area contributed by atoms with Crippen LogP contribution in [-0.2, 0) is 4.74 Å². The van der Waals surface area contributed by atoms with Crippen LogP contribution in [0.5, 0.6) is 0 Å². The van der Waals surface area contributed by atoms with Crippen LogP contribution in [0.15, 0.2) is 0 Å². The van der Waals surface area contributed by atoms with E-state index in [0.29, 0.717) is 0 Å². The summed E-state index contributed by atoms with van der Waals surface area (Å²) in [6.45, 7) is 0.831. The third kappa shape index (κ3) is 2.40. The van der Waals surface area contributed by atoms with Gasteiger partial charge in [-0.2, -0.15) is 0 Å². The highest BCUT2D eigenvalue weighted by atomic mass is 16.5. The second-order valence-corrected chi connectivity index (χ2v) is 3.48. The van der Waals surface area contributed by atoms with Crippen molar-refractivity contribution in [3.05, 3.63) is 0 Å². The van der Waals surface area contributed by atoms with Crippen LogP contribution in [0, 0.1) is 5.92 Å². The van der Waals surface area contributed by atoms with Gasteiger partial charge in [-0.1, -0.05) is 19.3 Å². The Bertz CT molecular complexity index is 155. The molecule has 0 saturated heterocycles. The Hall–Kier alpha value is -0.730. The zero-order valence-electron chi connectivity index (χ0n) is 7.88. The van der Waals surface area contributed by atoms with Crippen molar-refractivity contribution in [2.24, 2.45) is 5.92 Å². The minimum Gasteiger partial charge on any atom is -0.453 e. The van der Waals surface area contributed by atoms with Crippen LogP contribution in [0.2, 0.25) is 0 Å². The van der Waals surface area contributed by atoms with E-state index in [4.69, 9.17) is 0 Å². The van der Waals surface area contributed by atoms with Crippen molar-refractivity contribution in [1.29, 1.82) is 0 Å². The second kappa shape index (κ2) is 4.33. The highest BCUT2D eigenvalue weighted by Gasteiger charge is 2.18. The lowest BCUT2D eigenvalue weighted by Gasteiger charge is -2.27. The Kier molecular flexibility index (Phi) is 3.38. The Balaban J connectivity index is 2.08. The number of nitrogens with zero attached hydrogens (tertiary/aromatic N) is 1. The Morgan fingerprint density at radius 1 is 1.58 bits per heavy atom. The van der Waals surface area contributed by atoms with E-state index in [2.05, 4.69) is 4.74 Å². The van der Waals surface area contributed by atoms with Gasteiger partial charge in [0.2, 0.25) is 0 Å². The van der Waals surface area contributed by atoms with Gasteiger partial charge >= 0.3 is 6.09 Å². The minimum absolute atomic E-state index is 0.227. The zero-order chi connectivity index (χ0) is 8.97. The van der Waals surface area contributed by atoms with E-state index >= 15 is 0 Å². The van der Waals surface area contributed by atoms with Crippen molar-refractivity contribution in [2.45, 2.75) is 25.7 Å². The summed E-state index contributed by atoms with van der Waals surface area (Å²) >= 11 is 0. The third-order valence-electron chi connectivity index (χ3n) is 2.58. The van der Waals surface area contributed by atoms with Crippen LogP contribution in [0.3, 0.4) is 0 Å². The Morgan fingerprint density at radius 3 is 2.67 bits per heavy atom. The molecule has 1 saturated carbocycles. The molecule has 1 aliphatic carbocycles. The summed E-state index contributed by atoms with van der Waals surface area (Å²) in [6.07, 6.45) is 4.96. The first kappa shape index (κ1) is 9.36. The van der Waals surface area contributed by atoms with Crippen LogP contribution in [0.1, 0.15) is 25.7 Å². The predicted octanol–water partition coefficient (Wildman–Crippen LogP) is 1.87. The minimum atomic E-state index is -0.227. The molecule has 0 aromatic carbocycles. The van der Waals surface area contributed by atoms with Gasteiger partial charge in [0.1, 0.15) is 0 Å². The molecule has 1 fully saturated rings. The number of carbonyl (C=O) groups is 1. The molecule has 0 bridgehead atoms. The van der Waals surface area contributed by atoms with E-state index in [0.717, 1.165) is 18.9 Å². The van der Waals surface area contributed by atoms with Crippen LogP contribution in [0.25, 0.3) is 0 Å². The number of amides is 1. The number of ether oxygens (including phenoxy) is 1. The fourth-order valence-corrected chi connectivity index (χ4v) is 1.40. The second-order valence-electron chi connectivity index (χ2n) is 3.48. The zero-order valence-corrected chi connectivity index (χ0v) is 7.88. The maximum Gasteiger partial charge on any atom is 0.409 e. The lowest BCUT2D eigenvalue weighted by molar-refractivity contribution is 0.128. The van der Waals surface area contributed by atoms with Crippen LogP contribution < -0.4 is 0 Å². The van der Waals surface area contributed by atoms with Gasteiger partial charge in [-0.3, -0.25) is 0 Å². The first-order valence-electron chi connectivity index (χ1n) is 4.53. The monoisotopic (exact) mass is 171 g/mol. The van der Waals surface area contributed by atoms with Gasteiger partial charge in [0.15, 0.2) is 0 Å². The number of hydrogen-bond donors (Lipinski definition) is 0. The number of methoxy groups -OCH3 is 1. The average Bonchev–Trinajstić information content (AvgIpc) is 2.00. The van der Waals surface area contributed by atoms with Crippen molar-refractivity contribution in [1.82, 2.24) is 4.90 Å². The first-order chi connectivity index (χ1) is 5.74. The summed E-state index contributed by atoms with van der Waals surface area (Å²) in [6, 6.07) is 0. The van der Waals surface area contributed by atoms with E-state index < -0.39 is 0 Å². The van der Waals surface area contributed by atoms with Gasteiger partial charge in [-0.05, 0) is 12.3 Å². The molecule has 3 heteroatoms. The summed E-state index contributed by atoms with van der Waals surface area (Å²) in [4.78, 5) is 12.6. The van der Waals surface area contributed by atoms with Gasteiger partial charge in [-0.25, -0.2) is 4.79 Å². The van der Waals surface area contributed by atoms with E-state index in [-0.39, 0.29) is 6.09 Å². The highest BCUT2D eigenvalue weighted by molar-refractivity contribution is 5.66. The fourth-order valence-electron chi connectivity index (χ4n) is 1.40. The summed E-state index contributed by atoms with van der Waals surface area (Å²) in [5.41, 5.74) is 0. The molecule has 3 nitrogen and oxygen atoms in total. The molecule has 1 aliphatic rings. The average molecular weight is 171 g/mol. The van der Waals surface area contributed by atoms with Crippen molar-refractivity contribution in [3.63, 3.8) is 0 Å². The molecule has 1 rings (SSSR count). The van der Waals surface area contributed by atoms with Crippen LogP contribution in [-0.4, -0.2) is 31.7 Å². The van der Waals surface area contributed by atoms with E-state index in [1.165, 1.54) is 26.4 Å². The summed E-state index contributed by atoms with van der Waals surface area (Å²) in [7, 11) is 3.20. The van der Waals surface area contributed by atoms with Gasteiger partial charge in [0.05, 0.1) is 7.11 Å². The molecule has 0 spiro atoms. The Labute approximate surface area is 73.7 Å². The van der Waals surface area contributed by atoms with E-state index in [1.54, 1.807) is 11.9 Å². The molecule has 0 aliphatic heterocycles. The van der Waals surface area contributed by atoms with Crippen molar-refractivity contribution in [2.75, 3.05) is 20.7 Å². The number of carbonyl (C=O) groups excluding carboxylic acids is 1. The quantitative estimate of drug-likeness (QED) is 0.648. The Morgan fingerprint density at radius 2 is 2.25 bits per heavy atom. The third-order valence-corrected chi connectivity index (χ3v) is 2.58. The molecule has 1 amide bonds. The molecule has 0 unspecified atom stereocenters. The summed E-state index contributed by atoms with van der Waals surface area (Å²) in [5.74, 6) is 0.858. The van der Waals surface area contributed by atoms with Gasteiger partial charge in [0, 0.05) is 13.6 Å². The van der Waals surface area contributed by atoms with Crippen molar-refractivity contribution in [3.8, 4) is 0 Å². The molecule has 12 heavy (non-hydrogen) atoms. The SMILES string of the molecule is COC(=O)N(C)CCC1CCC1. The fraction of sp³-hybridized carbons (Fsp3) is 0.889. The first-order valence-corrected chi connectivity index (χ1v) is 4.53. The van der Waals surface area contributed by atoms with Crippen LogP contribution >= 0.6 is 0 Å². The molecule has 0 atom stereocenters. The molecule has 0 radical (unpaired) electrons. The molecule has 0 N–H and O–H groups in total. The maximum atomic E-state index is 10.9. The topological polar surface area (TPSA) is 29.5 Å². The van der Waals surface area contributed by atoms with E-state index in [9.17, 15) is 4.79 Å². The summed E-state index contributed by atoms with van der Waals surface area (Å²) < 4.78 is 4.58. The number of rotatable bonds is 3. The smallest absolute Gasteiger partial charge is 0.409 e. The molecular weight excluding hydrogens is 154 g/mol. The maximum absolute atomic E-state index is 10.9. The molecular formula is C9H17NO2. The largest absolute Gasteiger partial charge is 0.453 e. The molecule has 0 heterocycles. The van der Waals surface area contributed by atoms with Crippen molar-refractivity contribution < 1.29 is 9.53 Å². The van der Waals surface area contributed by atoms with Crippen LogP contribution in [0.4, 0.5) is 4.79 Å². The standard InChI is InChI=1S/C9H17NO2/c1-10(9(11)12-2)7-6-8-4-3-5-8/h8H,3-7H2,1-2H3. The van der Waals surface area contributed by atoms with Crippen molar-refractivity contribution >= 4 is 6.09 Å². The van der Waals surface area contributed by atoms with Gasteiger partial charge < -0.3 is 9.64 Å². The normalized spacial score (nSPS) is 16.8. The van der Waals surface area contributed by atoms with Gasteiger partial charge in [-0.15, -0.1) is 0 Å². The predicted molar refractivity (Wildman–Crippen MR) is 47.0 cm³/mol. The van der Waals surface area contributed by atoms with E-state index in [1.807, 2.05) is 0 Å². The van der Waals surface area contributed by atoms with Gasteiger partial charge in [0.25, 0.3) is 0 Å². The highest BCUT2D eigenvalue weighted by Crippen LogP contribution is 2.29. The lowest BCUT2D eigenvalue weighted by Crippen LogP contribution is -2.29. The summed E-state index contributed by atoms with van der Waals surface area (Å²) in [5, 5.41) is 0.